The van der Waals surface area contributed by atoms with Crippen molar-refractivity contribution in [3.8, 4) is 0 Å². The smallest absolute Gasteiger partial charge is 0.0781 e. The Morgan fingerprint density at radius 1 is 0.667 bits per heavy atom. The van der Waals surface area contributed by atoms with Crippen LogP contribution in [0.5, 0.6) is 0 Å². The number of hydrogen-bond acceptors (Lipinski definition) is 3. The van der Waals surface area contributed by atoms with Crippen LogP contribution in [0, 0.1) is 0 Å². The van der Waals surface area contributed by atoms with Crippen molar-refractivity contribution in [2.45, 2.75) is 110 Å². The first kappa shape index (κ1) is 23.9. The Labute approximate surface area is 151 Å². The van der Waals surface area contributed by atoms with Crippen LogP contribution in [0.25, 0.3) is 0 Å². The third-order valence-electron chi connectivity index (χ3n) is 4.49. The summed E-state index contributed by atoms with van der Waals surface area (Å²) in [5, 5.41) is 8.66. The molecule has 0 amide bonds. The normalized spacial score (nSPS) is 12.6. The lowest BCUT2D eigenvalue weighted by Crippen LogP contribution is -2.18. The summed E-state index contributed by atoms with van der Waals surface area (Å²) >= 11 is 0. The van der Waals surface area contributed by atoms with Gasteiger partial charge in [0.1, 0.15) is 0 Å². The molecule has 0 rings (SSSR count). The van der Waals surface area contributed by atoms with E-state index in [1.54, 1.807) is 0 Å². The Kier molecular flexibility index (Phi) is 20.8. The number of aliphatic hydroxyl groups excluding tert-OH is 1. The topological polar surface area (TPSA) is 38.7 Å². The summed E-state index contributed by atoms with van der Waals surface area (Å²) in [7, 11) is 0. The third-order valence-corrected chi connectivity index (χ3v) is 4.49. The average molecular weight is 345 g/mol. The molecule has 0 heterocycles. The van der Waals surface area contributed by atoms with Crippen molar-refractivity contribution in [1.29, 1.82) is 0 Å². The van der Waals surface area contributed by atoms with Crippen LogP contribution in [-0.4, -0.2) is 37.6 Å². The van der Waals surface area contributed by atoms with Gasteiger partial charge in [0.15, 0.2) is 0 Å². The largest absolute Gasteiger partial charge is 0.394 e. The molecule has 0 saturated carbocycles. The van der Waals surface area contributed by atoms with Gasteiger partial charge in [-0.25, -0.2) is 0 Å². The zero-order valence-corrected chi connectivity index (χ0v) is 16.6. The lowest BCUT2D eigenvalue weighted by Gasteiger charge is -2.12. The van der Waals surface area contributed by atoms with Gasteiger partial charge in [-0.15, -0.1) is 0 Å². The Balaban J connectivity index is 3.02. The van der Waals surface area contributed by atoms with Crippen LogP contribution in [0.1, 0.15) is 104 Å². The van der Waals surface area contributed by atoms with Crippen molar-refractivity contribution in [2.24, 2.45) is 0 Å². The predicted octanol–water partition coefficient (Wildman–Crippen LogP) is 5.88. The molecule has 0 saturated heterocycles. The summed E-state index contributed by atoms with van der Waals surface area (Å²) < 4.78 is 10.9. The van der Waals surface area contributed by atoms with E-state index < -0.39 is 0 Å². The SMILES string of the molecule is CCCCCCCCCCCCCCCCOCC(C)OCCO. The zero-order chi connectivity index (χ0) is 17.7. The molecule has 3 nitrogen and oxygen atoms in total. The van der Waals surface area contributed by atoms with Crippen molar-refractivity contribution >= 4 is 0 Å². The van der Waals surface area contributed by atoms with E-state index in [4.69, 9.17) is 14.6 Å². The molecule has 0 aromatic rings. The van der Waals surface area contributed by atoms with Crippen LogP contribution in [-0.2, 0) is 9.47 Å². The van der Waals surface area contributed by atoms with Crippen LogP contribution in [0.3, 0.4) is 0 Å². The number of hydrogen-bond donors (Lipinski definition) is 1. The fourth-order valence-corrected chi connectivity index (χ4v) is 2.95. The summed E-state index contributed by atoms with van der Waals surface area (Å²) in [4.78, 5) is 0. The molecule has 0 fully saturated rings. The molecule has 0 aliphatic carbocycles. The second-order valence-corrected chi connectivity index (χ2v) is 7.08. The molecule has 0 radical (unpaired) electrons. The lowest BCUT2D eigenvalue weighted by atomic mass is 10.0. The molecular formula is C21H44O3. The van der Waals surface area contributed by atoms with Gasteiger partial charge < -0.3 is 14.6 Å². The third kappa shape index (κ3) is 19.9. The minimum absolute atomic E-state index is 0.0866. The number of ether oxygens (including phenoxy) is 2. The molecule has 3 heteroatoms. The molecule has 0 aromatic carbocycles. The summed E-state index contributed by atoms with van der Waals surface area (Å²) in [6, 6.07) is 0. The van der Waals surface area contributed by atoms with Gasteiger partial charge in [-0.05, 0) is 13.3 Å². The highest BCUT2D eigenvalue weighted by Gasteiger charge is 2.01. The van der Waals surface area contributed by atoms with Gasteiger partial charge in [-0.1, -0.05) is 90.4 Å². The second-order valence-electron chi connectivity index (χ2n) is 7.08. The van der Waals surface area contributed by atoms with Gasteiger partial charge in [-0.3, -0.25) is 0 Å². The first-order chi connectivity index (χ1) is 11.8. The maximum atomic E-state index is 8.66. The summed E-state index contributed by atoms with van der Waals surface area (Å²) in [6.45, 7) is 6.24. The van der Waals surface area contributed by atoms with Crippen LogP contribution in [0.15, 0.2) is 0 Å². The van der Waals surface area contributed by atoms with Crippen molar-refractivity contribution in [2.75, 3.05) is 26.4 Å². The summed E-state index contributed by atoms with van der Waals surface area (Å²) in [6.07, 6.45) is 19.5. The maximum absolute atomic E-state index is 8.66. The molecule has 0 bridgehead atoms. The van der Waals surface area contributed by atoms with E-state index in [1.807, 2.05) is 6.92 Å². The van der Waals surface area contributed by atoms with Gasteiger partial charge in [0.2, 0.25) is 0 Å². The molecule has 0 aromatic heterocycles. The minimum Gasteiger partial charge on any atom is -0.394 e. The molecule has 1 unspecified atom stereocenters. The molecule has 0 spiro atoms. The number of rotatable bonds is 20. The van der Waals surface area contributed by atoms with Crippen LogP contribution in [0.2, 0.25) is 0 Å². The molecule has 146 valence electrons. The van der Waals surface area contributed by atoms with E-state index in [0.717, 1.165) is 13.0 Å². The highest BCUT2D eigenvalue weighted by molar-refractivity contribution is 4.50. The monoisotopic (exact) mass is 344 g/mol. The van der Waals surface area contributed by atoms with Gasteiger partial charge in [-0.2, -0.15) is 0 Å². The van der Waals surface area contributed by atoms with Crippen molar-refractivity contribution in [1.82, 2.24) is 0 Å². The van der Waals surface area contributed by atoms with E-state index in [9.17, 15) is 0 Å². The van der Waals surface area contributed by atoms with E-state index in [-0.39, 0.29) is 12.7 Å². The fraction of sp³-hybridized carbons (Fsp3) is 1.00. The zero-order valence-electron chi connectivity index (χ0n) is 16.6. The summed E-state index contributed by atoms with van der Waals surface area (Å²) in [5.41, 5.74) is 0. The van der Waals surface area contributed by atoms with E-state index in [0.29, 0.717) is 13.2 Å². The molecule has 24 heavy (non-hydrogen) atoms. The van der Waals surface area contributed by atoms with Crippen LogP contribution >= 0.6 is 0 Å². The average Bonchev–Trinajstić information content (AvgIpc) is 2.59. The Morgan fingerprint density at radius 3 is 1.58 bits per heavy atom. The summed E-state index contributed by atoms with van der Waals surface area (Å²) in [5.74, 6) is 0. The Hall–Kier alpha value is -0.120. The number of unbranched alkanes of at least 4 members (excludes halogenated alkanes) is 13. The predicted molar refractivity (Wildman–Crippen MR) is 104 cm³/mol. The molecule has 1 atom stereocenters. The Bertz CT molecular complexity index is 221. The highest BCUT2D eigenvalue weighted by Crippen LogP contribution is 2.12. The van der Waals surface area contributed by atoms with Gasteiger partial charge in [0.25, 0.3) is 0 Å². The molecule has 0 aliphatic heterocycles. The Morgan fingerprint density at radius 2 is 1.12 bits per heavy atom. The first-order valence-corrected chi connectivity index (χ1v) is 10.6. The fourth-order valence-electron chi connectivity index (χ4n) is 2.95. The van der Waals surface area contributed by atoms with E-state index >= 15 is 0 Å². The first-order valence-electron chi connectivity index (χ1n) is 10.6. The lowest BCUT2D eigenvalue weighted by molar-refractivity contribution is -0.0189. The van der Waals surface area contributed by atoms with Crippen molar-refractivity contribution < 1.29 is 14.6 Å². The van der Waals surface area contributed by atoms with Gasteiger partial charge >= 0.3 is 0 Å². The second kappa shape index (κ2) is 20.9. The van der Waals surface area contributed by atoms with Crippen LogP contribution < -0.4 is 0 Å². The van der Waals surface area contributed by atoms with E-state index in [2.05, 4.69) is 6.92 Å². The van der Waals surface area contributed by atoms with E-state index in [1.165, 1.54) is 83.5 Å². The quantitative estimate of drug-likeness (QED) is 0.280. The van der Waals surface area contributed by atoms with Crippen molar-refractivity contribution in [3.63, 3.8) is 0 Å². The number of aliphatic hydroxyl groups is 1. The van der Waals surface area contributed by atoms with Crippen molar-refractivity contribution in [3.05, 3.63) is 0 Å². The minimum atomic E-state index is 0.0866. The molecule has 0 aliphatic rings. The standard InChI is InChI=1S/C21H44O3/c1-3-4-5-6-7-8-9-10-11-12-13-14-15-16-18-23-20-21(2)24-19-17-22/h21-22H,3-20H2,1-2H3. The van der Waals surface area contributed by atoms with Gasteiger partial charge in [0.05, 0.1) is 25.9 Å². The molecular weight excluding hydrogens is 300 g/mol. The maximum Gasteiger partial charge on any atom is 0.0781 e. The van der Waals surface area contributed by atoms with Gasteiger partial charge in [0, 0.05) is 6.61 Å². The van der Waals surface area contributed by atoms with Crippen LogP contribution in [0.4, 0.5) is 0 Å². The highest BCUT2D eigenvalue weighted by atomic mass is 16.5. The molecule has 1 N–H and O–H groups in total.